The summed E-state index contributed by atoms with van der Waals surface area (Å²) in [5.74, 6) is 0.321. The Morgan fingerprint density at radius 3 is 2.62 bits per heavy atom. The van der Waals surface area contributed by atoms with Crippen LogP contribution in [0.15, 0.2) is 53.3 Å². The molecule has 2 aromatic carbocycles. The monoisotopic (exact) mass is 346 g/mol. The molecular weight excluding hydrogens is 335 g/mol. The average Bonchev–Trinajstić information content (AvgIpc) is 2.91. The number of halogens is 2. The SMILES string of the molecule is Nc1ccc(-c2ncn(Cc3ccc(Br)cc3F)n2)cc1. The molecule has 1 aromatic heterocycles. The topological polar surface area (TPSA) is 56.7 Å². The molecule has 4 nitrogen and oxygen atoms in total. The highest BCUT2D eigenvalue weighted by atomic mass is 79.9. The lowest BCUT2D eigenvalue weighted by molar-refractivity contribution is 0.584. The van der Waals surface area contributed by atoms with Gasteiger partial charge in [0.25, 0.3) is 0 Å². The molecule has 106 valence electrons. The van der Waals surface area contributed by atoms with Gasteiger partial charge in [0.2, 0.25) is 0 Å². The number of aromatic nitrogens is 3. The number of hydrogen-bond donors (Lipinski definition) is 1. The predicted octanol–water partition coefficient (Wildman–Crippen LogP) is 3.48. The molecule has 0 aliphatic heterocycles. The van der Waals surface area contributed by atoms with E-state index in [0.29, 0.717) is 28.1 Å². The molecule has 0 saturated carbocycles. The average molecular weight is 347 g/mol. The maximum Gasteiger partial charge on any atom is 0.181 e. The fourth-order valence-corrected chi connectivity index (χ4v) is 2.29. The minimum Gasteiger partial charge on any atom is -0.399 e. The first kappa shape index (κ1) is 13.8. The Labute approximate surface area is 129 Å². The molecule has 3 rings (SSSR count). The lowest BCUT2D eigenvalue weighted by Crippen LogP contribution is -2.02. The summed E-state index contributed by atoms with van der Waals surface area (Å²) in [6.45, 7) is 0.334. The molecule has 0 spiro atoms. The first-order valence-corrected chi connectivity index (χ1v) is 7.10. The third-order valence-corrected chi connectivity index (χ3v) is 3.55. The summed E-state index contributed by atoms with van der Waals surface area (Å²) in [5.41, 5.74) is 7.78. The second kappa shape index (κ2) is 5.65. The van der Waals surface area contributed by atoms with Crippen molar-refractivity contribution in [1.29, 1.82) is 0 Å². The molecule has 3 aromatic rings. The number of rotatable bonds is 3. The maximum atomic E-state index is 13.8. The van der Waals surface area contributed by atoms with Crippen LogP contribution in [0, 0.1) is 5.82 Å². The zero-order valence-electron chi connectivity index (χ0n) is 11.0. The van der Waals surface area contributed by atoms with E-state index in [2.05, 4.69) is 26.0 Å². The van der Waals surface area contributed by atoms with E-state index in [1.54, 1.807) is 35.3 Å². The predicted molar refractivity (Wildman–Crippen MR) is 83.1 cm³/mol. The van der Waals surface area contributed by atoms with Crippen molar-refractivity contribution in [3.63, 3.8) is 0 Å². The molecule has 0 fully saturated rings. The number of nitrogens with zero attached hydrogens (tertiary/aromatic N) is 3. The fourth-order valence-electron chi connectivity index (χ4n) is 1.96. The number of benzene rings is 2. The normalized spacial score (nSPS) is 10.8. The van der Waals surface area contributed by atoms with Gasteiger partial charge in [0, 0.05) is 21.3 Å². The second-order valence-electron chi connectivity index (χ2n) is 4.62. The van der Waals surface area contributed by atoms with Gasteiger partial charge in [0.1, 0.15) is 12.1 Å². The summed E-state index contributed by atoms with van der Waals surface area (Å²) in [6.07, 6.45) is 1.59. The van der Waals surface area contributed by atoms with Crippen LogP contribution >= 0.6 is 15.9 Å². The summed E-state index contributed by atoms with van der Waals surface area (Å²) in [7, 11) is 0. The van der Waals surface area contributed by atoms with Gasteiger partial charge in [-0.2, -0.15) is 5.10 Å². The van der Waals surface area contributed by atoms with Crippen molar-refractivity contribution in [1.82, 2.24) is 14.8 Å². The quantitative estimate of drug-likeness (QED) is 0.738. The Morgan fingerprint density at radius 1 is 1.14 bits per heavy atom. The third kappa shape index (κ3) is 3.11. The van der Waals surface area contributed by atoms with Gasteiger partial charge in [0.05, 0.1) is 6.54 Å². The van der Waals surface area contributed by atoms with Gasteiger partial charge in [-0.25, -0.2) is 14.1 Å². The zero-order valence-corrected chi connectivity index (χ0v) is 12.6. The molecule has 0 aliphatic carbocycles. The van der Waals surface area contributed by atoms with Gasteiger partial charge in [-0.3, -0.25) is 0 Å². The molecule has 2 N–H and O–H groups in total. The van der Waals surface area contributed by atoms with Gasteiger partial charge in [-0.15, -0.1) is 0 Å². The van der Waals surface area contributed by atoms with Crippen molar-refractivity contribution < 1.29 is 4.39 Å². The van der Waals surface area contributed by atoms with Gasteiger partial charge in [-0.05, 0) is 36.4 Å². The Hall–Kier alpha value is -2.21. The minimum atomic E-state index is -0.270. The number of hydrogen-bond acceptors (Lipinski definition) is 3. The maximum absolute atomic E-state index is 13.8. The first-order chi connectivity index (χ1) is 10.1. The smallest absolute Gasteiger partial charge is 0.181 e. The van der Waals surface area contributed by atoms with Gasteiger partial charge in [-0.1, -0.05) is 22.0 Å². The van der Waals surface area contributed by atoms with E-state index < -0.39 is 0 Å². The molecule has 0 aliphatic rings. The van der Waals surface area contributed by atoms with Crippen molar-refractivity contribution in [2.45, 2.75) is 6.54 Å². The van der Waals surface area contributed by atoms with Crippen molar-refractivity contribution in [2.75, 3.05) is 5.73 Å². The minimum absolute atomic E-state index is 0.270. The highest BCUT2D eigenvalue weighted by molar-refractivity contribution is 9.10. The van der Waals surface area contributed by atoms with E-state index in [4.69, 9.17) is 5.73 Å². The number of nitrogens with two attached hydrogens (primary N) is 1. The molecule has 0 unspecified atom stereocenters. The molecule has 0 atom stereocenters. The van der Waals surface area contributed by atoms with Crippen LogP contribution in [0.25, 0.3) is 11.4 Å². The van der Waals surface area contributed by atoms with Crippen LogP contribution in [0.1, 0.15) is 5.56 Å². The summed E-state index contributed by atoms with van der Waals surface area (Å²) >= 11 is 3.24. The molecule has 0 saturated heterocycles. The molecule has 0 amide bonds. The van der Waals surface area contributed by atoms with Crippen molar-refractivity contribution in [3.05, 3.63) is 64.6 Å². The van der Waals surface area contributed by atoms with Crippen LogP contribution in [-0.2, 0) is 6.54 Å². The highest BCUT2D eigenvalue weighted by Crippen LogP contribution is 2.18. The lowest BCUT2D eigenvalue weighted by atomic mass is 10.2. The van der Waals surface area contributed by atoms with E-state index >= 15 is 0 Å². The van der Waals surface area contributed by atoms with Crippen LogP contribution < -0.4 is 5.73 Å². The van der Waals surface area contributed by atoms with Crippen LogP contribution in [0.3, 0.4) is 0 Å². The van der Waals surface area contributed by atoms with Crippen LogP contribution in [0.2, 0.25) is 0 Å². The summed E-state index contributed by atoms with van der Waals surface area (Å²) in [4.78, 5) is 4.24. The Bertz CT molecular complexity index is 768. The van der Waals surface area contributed by atoms with Gasteiger partial charge in [0.15, 0.2) is 5.82 Å². The van der Waals surface area contributed by atoms with Crippen LogP contribution in [0.4, 0.5) is 10.1 Å². The van der Waals surface area contributed by atoms with Crippen molar-refractivity contribution in [3.8, 4) is 11.4 Å². The summed E-state index contributed by atoms with van der Waals surface area (Å²) < 4.78 is 16.1. The Morgan fingerprint density at radius 2 is 1.90 bits per heavy atom. The van der Waals surface area contributed by atoms with E-state index in [1.807, 2.05) is 12.1 Å². The van der Waals surface area contributed by atoms with Gasteiger partial charge >= 0.3 is 0 Å². The number of anilines is 1. The second-order valence-corrected chi connectivity index (χ2v) is 5.54. The molecule has 0 radical (unpaired) electrons. The summed E-state index contributed by atoms with van der Waals surface area (Å²) in [5, 5.41) is 4.36. The number of nitrogen functional groups attached to an aromatic ring is 1. The third-order valence-electron chi connectivity index (χ3n) is 3.05. The zero-order chi connectivity index (χ0) is 14.8. The molecule has 1 heterocycles. The molecule has 6 heteroatoms. The van der Waals surface area contributed by atoms with E-state index in [0.717, 1.165) is 5.56 Å². The Kier molecular flexibility index (Phi) is 3.70. The summed E-state index contributed by atoms with van der Waals surface area (Å²) in [6, 6.07) is 12.3. The van der Waals surface area contributed by atoms with Crippen LogP contribution in [0.5, 0.6) is 0 Å². The standard InChI is InChI=1S/C15H12BrFN4/c16-12-4-1-11(14(17)7-12)8-21-9-19-15(20-21)10-2-5-13(18)6-3-10/h1-7,9H,8,18H2. The van der Waals surface area contributed by atoms with Crippen molar-refractivity contribution >= 4 is 21.6 Å². The largest absolute Gasteiger partial charge is 0.399 e. The Balaban J connectivity index is 1.83. The fraction of sp³-hybridized carbons (Fsp3) is 0.0667. The van der Waals surface area contributed by atoms with Gasteiger partial charge < -0.3 is 5.73 Å². The highest BCUT2D eigenvalue weighted by Gasteiger charge is 2.07. The molecule has 21 heavy (non-hydrogen) atoms. The molecular formula is C15H12BrFN4. The van der Waals surface area contributed by atoms with Crippen molar-refractivity contribution in [2.24, 2.45) is 0 Å². The van der Waals surface area contributed by atoms with E-state index in [1.165, 1.54) is 6.07 Å². The molecule has 0 bridgehead atoms. The van der Waals surface area contributed by atoms with E-state index in [-0.39, 0.29) is 5.82 Å². The first-order valence-electron chi connectivity index (χ1n) is 6.31. The van der Waals surface area contributed by atoms with E-state index in [9.17, 15) is 4.39 Å². The van der Waals surface area contributed by atoms with Crippen LogP contribution in [-0.4, -0.2) is 14.8 Å². The lowest BCUT2D eigenvalue weighted by Gasteiger charge is -2.03.